The van der Waals surface area contributed by atoms with E-state index in [1.165, 1.54) is 16.8 Å². The molecule has 176 valence electrons. The van der Waals surface area contributed by atoms with Crippen molar-refractivity contribution in [2.45, 2.75) is 66.1 Å². The number of amides is 1. The molecular weight excluding hydrogens is 515 g/mol. The molecule has 1 saturated heterocycles. The zero-order valence-corrected chi connectivity index (χ0v) is 22.3. The normalized spacial score (nSPS) is 15.0. The van der Waals surface area contributed by atoms with Crippen LogP contribution < -0.4 is 10.6 Å². The van der Waals surface area contributed by atoms with Crippen LogP contribution in [-0.4, -0.2) is 45.7 Å². The van der Waals surface area contributed by atoms with Crippen molar-refractivity contribution in [3.8, 4) is 0 Å². The summed E-state index contributed by atoms with van der Waals surface area (Å²) in [6, 6.07) is 8.66. The minimum absolute atomic E-state index is 0. The number of halogens is 1. The van der Waals surface area contributed by atoms with Gasteiger partial charge in [-0.2, -0.15) is 5.10 Å². The van der Waals surface area contributed by atoms with E-state index in [0.29, 0.717) is 19.5 Å². The first-order valence-corrected chi connectivity index (χ1v) is 11.3. The number of hydrogen-bond donors (Lipinski definition) is 2. The van der Waals surface area contributed by atoms with E-state index < -0.39 is 0 Å². The number of hydrogen-bond acceptors (Lipinski definition) is 3. The lowest BCUT2D eigenvalue weighted by molar-refractivity contribution is -0.128. The second-order valence-corrected chi connectivity index (χ2v) is 8.45. The fourth-order valence-electron chi connectivity index (χ4n) is 4.04. The number of aryl methyl sites for hydroxylation is 2. The van der Waals surface area contributed by atoms with Gasteiger partial charge in [-0.3, -0.25) is 9.48 Å². The highest BCUT2D eigenvalue weighted by atomic mass is 127. The van der Waals surface area contributed by atoms with Crippen molar-refractivity contribution in [1.29, 1.82) is 0 Å². The van der Waals surface area contributed by atoms with E-state index in [1.54, 1.807) is 0 Å². The topological polar surface area (TPSA) is 74.6 Å². The minimum Gasteiger partial charge on any atom is -0.357 e. The Morgan fingerprint density at radius 2 is 1.91 bits per heavy atom. The molecule has 1 amide bonds. The number of rotatable bonds is 8. The Morgan fingerprint density at radius 1 is 1.22 bits per heavy atom. The van der Waals surface area contributed by atoms with Gasteiger partial charge in [-0.05, 0) is 57.2 Å². The Labute approximate surface area is 209 Å². The lowest BCUT2D eigenvalue weighted by atomic mass is 10.1. The number of aromatic nitrogens is 2. The highest BCUT2D eigenvalue weighted by Gasteiger charge is 2.19. The molecule has 2 aromatic rings. The molecule has 0 bridgehead atoms. The lowest BCUT2D eigenvalue weighted by Gasteiger charge is -2.18. The van der Waals surface area contributed by atoms with E-state index in [2.05, 4.69) is 67.7 Å². The van der Waals surface area contributed by atoms with Crippen LogP contribution in [0.5, 0.6) is 0 Å². The van der Waals surface area contributed by atoms with Gasteiger partial charge in [0.15, 0.2) is 5.96 Å². The molecule has 1 aromatic carbocycles. The maximum atomic E-state index is 11.8. The summed E-state index contributed by atoms with van der Waals surface area (Å²) in [7, 11) is 1.99. The molecule has 8 heteroatoms. The van der Waals surface area contributed by atoms with Gasteiger partial charge < -0.3 is 15.5 Å². The minimum atomic E-state index is 0. The van der Waals surface area contributed by atoms with Crippen LogP contribution in [0, 0.1) is 13.8 Å². The first-order chi connectivity index (χ1) is 14.9. The van der Waals surface area contributed by atoms with Crippen LogP contribution in [0.25, 0.3) is 0 Å². The van der Waals surface area contributed by atoms with Crippen molar-refractivity contribution < 1.29 is 4.79 Å². The van der Waals surface area contributed by atoms with E-state index in [1.807, 2.05) is 16.6 Å². The SMILES string of the molecule is CCNC(=NCc1ccc(CN2CCCC2=O)cc1)NC(C)Cc1c(C)nn(C)c1C.I. The van der Waals surface area contributed by atoms with Crippen LogP contribution in [0.15, 0.2) is 29.3 Å². The predicted octanol–water partition coefficient (Wildman–Crippen LogP) is 3.46. The van der Waals surface area contributed by atoms with Crippen LogP contribution in [0.2, 0.25) is 0 Å². The van der Waals surface area contributed by atoms with Crippen molar-refractivity contribution in [2.75, 3.05) is 13.1 Å². The highest BCUT2D eigenvalue weighted by molar-refractivity contribution is 14.0. The van der Waals surface area contributed by atoms with Crippen molar-refractivity contribution in [3.63, 3.8) is 0 Å². The summed E-state index contributed by atoms with van der Waals surface area (Å²) in [6.07, 6.45) is 2.56. The third kappa shape index (κ3) is 6.95. The molecule has 1 aliphatic rings. The number of aliphatic imine (C=N–C) groups is 1. The van der Waals surface area contributed by atoms with Gasteiger partial charge in [0, 0.05) is 44.8 Å². The number of carbonyl (C=O) groups is 1. The fraction of sp³-hybridized carbons (Fsp3) is 0.542. The molecule has 1 atom stereocenters. The molecule has 1 fully saturated rings. The molecule has 0 radical (unpaired) electrons. The predicted molar refractivity (Wildman–Crippen MR) is 140 cm³/mol. The number of nitrogens with zero attached hydrogens (tertiary/aromatic N) is 4. The van der Waals surface area contributed by atoms with E-state index in [-0.39, 0.29) is 35.9 Å². The molecule has 32 heavy (non-hydrogen) atoms. The molecule has 0 aliphatic carbocycles. The average molecular weight is 553 g/mol. The highest BCUT2D eigenvalue weighted by Crippen LogP contribution is 2.16. The van der Waals surface area contributed by atoms with E-state index in [4.69, 9.17) is 4.99 Å². The molecule has 2 N–H and O–H groups in total. The molecule has 0 saturated carbocycles. The molecule has 2 heterocycles. The summed E-state index contributed by atoms with van der Waals surface area (Å²) in [5.41, 5.74) is 5.92. The smallest absolute Gasteiger partial charge is 0.222 e. The van der Waals surface area contributed by atoms with Crippen LogP contribution in [0.1, 0.15) is 54.8 Å². The molecule has 1 unspecified atom stereocenters. The van der Waals surface area contributed by atoms with E-state index >= 15 is 0 Å². The molecule has 3 rings (SSSR count). The Balaban J connectivity index is 0.00000363. The van der Waals surface area contributed by atoms with Gasteiger partial charge >= 0.3 is 0 Å². The van der Waals surface area contributed by atoms with Gasteiger partial charge in [-0.15, -0.1) is 24.0 Å². The number of likely N-dealkylation sites (tertiary alicyclic amines) is 1. The Bertz CT molecular complexity index is 921. The zero-order valence-electron chi connectivity index (χ0n) is 19.9. The third-order valence-corrected chi connectivity index (χ3v) is 5.88. The fourth-order valence-corrected chi connectivity index (χ4v) is 4.04. The summed E-state index contributed by atoms with van der Waals surface area (Å²) in [6.45, 7) is 11.4. The Hall–Kier alpha value is -2.10. The molecule has 1 aromatic heterocycles. The summed E-state index contributed by atoms with van der Waals surface area (Å²) < 4.78 is 1.94. The van der Waals surface area contributed by atoms with Gasteiger partial charge in [0.1, 0.15) is 0 Å². The lowest BCUT2D eigenvalue weighted by Crippen LogP contribution is -2.43. The van der Waals surface area contributed by atoms with Crippen molar-refractivity contribution >= 4 is 35.8 Å². The van der Waals surface area contributed by atoms with Gasteiger partial charge in [0.2, 0.25) is 5.91 Å². The first kappa shape index (κ1) is 26.2. The van der Waals surface area contributed by atoms with Crippen LogP contribution in [0.3, 0.4) is 0 Å². The maximum Gasteiger partial charge on any atom is 0.222 e. The standard InChI is InChI=1S/C24H36N6O.HI/c1-6-25-24(27-17(2)14-22-18(3)28-29(5)19(22)4)26-15-20-9-11-21(12-10-20)16-30-13-7-8-23(30)31;/h9-12,17H,6-8,13-16H2,1-5H3,(H2,25,26,27);1H. The van der Waals surface area contributed by atoms with E-state index in [9.17, 15) is 4.79 Å². The number of nitrogens with one attached hydrogen (secondary N) is 2. The van der Waals surface area contributed by atoms with Crippen LogP contribution in [0.4, 0.5) is 0 Å². The van der Waals surface area contributed by atoms with Gasteiger partial charge in [-0.25, -0.2) is 4.99 Å². The first-order valence-electron chi connectivity index (χ1n) is 11.3. The summed E-state index contributed by atoms with van der Waals surface area (Å²) >= 11 is 0. The third-order valence-electron chi connectivity index (χ3n) is 5.88. The van der Waals surface area contributed by atoms with Crippen molar-refractivity contribution in [2.24, 2.45) is 12.0 Å². The maximum absolute atomic E-state index is 11.8. The van der Waals surface area contributed by atoms with Crippen molar-refractivity contribution in [3.05, 3.63) is 52.3 Å². The van der Waals surface area contributed by atoms with Crippen molar-refractivity contribution in [1.82, 2.24) is 25.3 Å². The number of benzene rings is 1. The second kappa shape index (κ2) is 12.2. The summed E-state index contributed by atoms with van der Waals surface area (Å²) in [4.78, 5) is 18.5. The second-order valence-electron chi connectivity index (χ2n) is 8.45. The van der Waals surface area contributed by atoms with Gasteiger partial charge in [0.25, 0.3) is 0 Å². The average Bonchev–Trinajstić information content (AvgIpc) is 3.24. The number of carbonyl (C=O) groups excluding carboxylic acids is 1. The Kier molecular flexibility index (Phi) is 9.99. The van der Waals surface area contributed by atoms with Crippen LogP contribution in [-0.2, 0) is 31.4 Å². The van der Waals surface area contributed by atoms with Gasteiger partial charge in [0.05, 0.1) is 12.2 Å². The zero-order chi connectivity index (χ0) is 22.4. The largest absolute Gasteiger partial charge is 0.357 e. The Morgan fingerprint density at radius 3 is 2.47 bits per heavy atom. The van der Waals surface area contributed by atoms with Crippen LogP contribution >= 0.6 is 24.0 Å². The number of guanidine groups is 1. The molecule has 0 spiro atoms. The summed E-state index contributed by atoms with van der Waals surface area (Å²) in [5.74, 6) is 1.08. The molecular formula is C24H37IN6O. The van der Waals surface area contributed by atoms with E-state index in [0.717, 1.165) is 43.1 Å². The molecule has 7 nitrogen and oxygen atoms in total. The molecule has 1 aliphatic heterocycles. The van der Waals surface area contributed by atoms with Gasteiger partial charge in [-0.1, -0.05) is 24.3 Å². The summed E-state index contributed by atoms with van der Waals surface area (Å²) in [5, 5.41) is 11.4. The monoisotopic (exact) mass is 552 g/mol. The quantitative estimate of drug-likeness (QED) is 0.299.